The van der Waals surface area contributed by atoms with Crippen LogP contribution in [0.1, 0.15) is 17.4 Å². The number of amides is 1. The molecule has 0 unspecified atom stereocenters. The normalized spacial score (nSPS) is 16.3. The van der Waals surface area contributed by atoms with Crippen LogP contribution < -0.4 is 10.6 Å². The first-order chi connectivity index (χ1) is 10.2. The molecular formula is C15H19N5O. The Morgan fingerprint density at radius 2 is 1.76 bits per heavy atom. The summed E-state index contributed by atoms with van der Waals surface area (Å²) in [6.45, 7) is 6.79. The highest BCUT2D eigenvalue weighted by Gasteiger charge is 2.23. The van der Waals surface area contributed by atoms with Crippen molar-refractivity contribution in [1.82, 2.24) is 14.9 Å². The third kappa shape index (κ3) is 2.67. The number of fused-ring (bicyclic) bond motifs is 1. The lowest BCUT2D eigenvalue weighted by atomic mass is 10.2. The van der Waals surface area contributed by atoms with Crippen LogP contribution in [0.5, 0.6) is 0 Å². The maximum absolute atomic E-state index is 11.7. The van der Waals surface area contributed by atoms with E-state index in [0.29, 0.717) is 11.3 Å². The van der Waals surface area contributed by atoms with E-state index >= 15 is 0 Å². The lowest BCUT2D eigenvalue weighted by molar-refractivity contribution is 0.0996. The van der Waals surface area contributed by atoms with Crippen molar-refractivity contribution in [3.05, 3.63) is 30.0 Å². The van der Waals surface area contributed by atoms with E-state index in [1.54, 1.807) is 0 Å². The first-order valence-electron chi connectivity index (χ1n) is 7.23. The molecule has 1 fully saturated rings. The third-order valence-corrected chi connectivity index (χ3v) is 3.90. The highest BCUT2D eigenvalue weighted by atomic mass is 16.1. The Labute approximate surface area is 123 Å². The number of aromatic nitrogens is 2. The van der Waals surface area contributed by atoms with E-state index in [1.807, 2.05) is 24.3 Å². The number of nitrogens with two attached hydrogens (primary N) is 1. The Balaban J connectivity index is 2.00. The molecule has 1 aliphatic heterocycles. The van der Waals surface area contributed by atoms with Crippen molar-refractivity contribution < 1.29 is 4.79 Å². The molecular weight excluding hydrogens is 266 g/mol. The Morgan fingerprint density at radius 1 is 1.14 bits per heavy atom. The highest BCUT2D eigenvalue weighted by Crippen LogP contribution is 2.21. The second-order valence-corrected chi connectivity index (χ2v) is 5.17. The van der Waals surface area contributed by atoms with Crippen molar-refractivity contribution in [1.29, 1.82) is 0 Å². The number of carbonyl (C=O) groups is 1. The number of benzene rings is 1. The van der Waals surface area contributed by atoms with Crippen LogP contribution in [0.4, 0.5) is 5.82 Å². The van der Waals surface area contributed by atoms with Gasteiger partial charge in [0, 0.05) is 26.2 Å². The lowest BCUT2D eigenvalue weighted by Gasteiger charge is -2.35. The van der Waals surface area contributed by atoms with Gasteiger partial charge >= 0.3 is 0 Å². The summed E-state index contributed by atoms with van der Waals surface area (Å²) < 4.78 is 0. The molecule has 6 heteroatoms. The van der Waals surface area contributed by atoms with Crippen LogP contribution in [0.3, 0.4) is 0 Å². The van der Waals surface area contributed by atoms with E-state index in [0.717, 1.165) is 38.2 Å². The number of hydrogen-bond acceptors (Lipinski definition) is 5. The Hall–Kier alpha value is -2.21. The van der Waals surface area contributed by atoms with Gasteiger partial charge in [0.1, 0.15) is 0 Å². The number of nitrogens with zero attached hydrogens (tertiary/aromatic N) is 4. The quantitative estimate of drug-likeness (QED) is 0.905. The first-order valence-corrected chi connectivity index (χ1v) is 7.23. The summed E-state index contributed by atoms with van der Waals surface area (Å²) in [6, 6.07) is 7.54. The Kier molecular flexibility index (Phi) is 3.70. The lowest BCUT2D eigenvalue weighted by Crippen LogP contribution is -2.47. The molecule has 0 aliphatic carbocycles. The molecule has 110 valence electrons. The van der Waals surface area contributed by atoms with E-state index in [1.165, 1.54) is 0 Å². The molecule has 0 saturated carbocycles. The van der Waals surface area contributed by atoms with Gasteiger partial charge in [-0.15, -0.1) is 0 Å². The Morgan fingerprint density at radius 3 is 2.33 bits per heavy atom. The van der Waals surface area contributed by atoms with Gasteiger partial charge in [0.05, 0.1) is 11.0 Å². The van der Waals surface area contributed by atoms with E-state index in [-0.39, 0.29) is 5.69 Å². The average Bonchev–Trinajstić information content (AvgIpc) is 2.53. The second-order valence-electron chi connectivity index (χ2n) is 5.17. The summed E-state index contributed by atoms with van der Waals surface area (Å²) in [4.78, 5) is 25.2. The van der Waals surface area contributed by atoms with Gasteiger partial charge in [-0.1, -0.05) is 19.1 Å². The second kappa shape index (κ2) is 5.65. The van der Waals surface area contributed by atoms with Gasteiger partial charge in [0.2, 0.25) is 0 Å². The van der Waals surface area contributed by atoms with Crippen molar-refractivity contribution >= 4 is 22.8 Å². The fraction of sp³-hybridized carbons (Fsp3) is 0.400. The standard InChI is InChI=1S/C15H19N5O/c1-2-19-7-9-20(10-8-19)15-13(14(16)21)17-11-5-3-4-6-12(11)18-15/h3-6H,2,7-10H2,1H3,(H2,16,21). The molecule has 2 heterocycles. The molecule has 6 nitrogen and oxygen atoms in total. The molecule has 2 N–H and O–H groups in total. The number of para-hydroxylation sites is 2. The largest absolute Gasteiger partial charge is 0.364 e. The topological polar surface area (TPSA) is 75.3 Å². The van der Waals surface area contributed by atoms with Crippen molar-refractivity contribution in [2.24, 2.45) is 5.73 Å². The molecule has 0 radical (unpaired) electrons. The highest BCUT2D eigenvalue weighted by molar-refractivity contribution is 5.98. The molecule has 1 aliphatic rings. The first kappa shape index (κ1) is 13.8. The van der Waals surface area contributed by atoms with Crippen LogP contribution in [-0.4, -0.2) is 53.5 Å². The van der Waals surface area contributed by atoms with Gasteiger partial charge in [-0.05, 0) is 18.7 Å². The van der Waals surface area contributed by atoms with Crippen molar-refractivity contribution in [3.63, 3.8) is 0 Å². The fourth-order valence-electron chi connectivity index (χ4n) is 2.65. The van der Waals surface area contributed by atoms with E-state index in [9.17, 15) is 4.79 Å². The van der Waals surface area contributed by atoms with Crippen LogP contribution in [0.15, 0.2) is 24.3 Å². The van der Waals surface area contributed by atoms with Gasteiger partial charge in [0.15, 0.2) is 11.5 Å². The summed E-state index contributed by atoms with van der Waals surface area (Å²) in [6.07, 6.45) is 0. The minimum absolute atomic E-state index is 0.263. The molecule has 1 amide bonds. The van der Waals surface area contributed by atoms with Crippen molar-refractivity contribution in [2.75, 3.05) is 37.6 Å². The molecule has 0 bridgehead atoms. The maximum atomic E-state index is 11.7. The number of carbonyl (C=O) groups excluding carboxylic acids is 1. The fourth-order valence-corrected chi connectivity index (χ4v) is 2.65. The summed E-state index contributed by atoms with van der Waals surface area (Å²) in [5.74, 6) is 0.0816. The number of anilines is 1. The number of likely N-dealkylation sites (N-methyl/N-ethyl adjacent to an activating group) is 1. The molecule has 3 rings (SSSR count). The van der Waals surface area contributed by atoms with E-state index in [2.05, 4.69) is 26.7 Å². The zero-order chi connectivity index (χ0) is 14.8. The number of hydrogen-bond donors (Lipinski definition) is 1. The number of piperazine rings is 1. The zero-order valence-corrected chi connectivity index (χ0v) is 12.1. The predicted molar refractivity (Wildman–Crippen MR) is 82.4 cm³/mol. The monoisotopic (exact) mass is 285 g/mol. The maximum Gasteiger partial charge on any atom is 0.271 e. The van der Waals surface area contributed by atoms with Crippen LogP contribution in [-0.2, 0) is 0 Å². The third-order valence-electron chi connectivity index (χ3n) is 3.90. The average molecular weight is 285 g/mol. The van der Waals surface area contributed by atoms with Gasteiger partial charge < -0.3 is 15.5 Å². The van der Waals surface area contributed by atoms with Crippen molar-refractivity contribution in [3.8, 4) is 0 Å². The molecule has 0 spiro atoms. The minimum atomic E-state index is -0.527. The minimum Gasteiger partial charge on any atom is -0.364 e. The van der Waals surface area contributed by atoms with E-state index in [4.69, 9.17) is 5.73 Å². The summed E-state index contributed by atoms with van der Waals surface area (Å²) in [5.41, 5.74) is 7.23. The van der Waals surface area contributed by atoms with Gasteiger partial charge in [-0.2, -0.15) is 0 Å². The Bertz CT molecular complexity index is 664. The molecule has 2 aromatic rings. The molecule has 21 heavy (non-hydrogen) atoms. The number of primary amides is 1. The van der Waals surface area contributed by atoms with Crippen molar-refractivity contribution in [2.45, 2.75) is 6.92 Å². The molecule has 0 atom stereocenters. The van der Waals surface area contributed by atoms with Gasteiger partial charge in [-0.3, -0.25) is 4.79 Å². The van der Waals surface area contributed by atoms with Crippen LogP contribution in [0.2, 0.25) is 0 Å². The SMILES string of the molecule is CCN1CCN(c2nc3ccccc3nc2C(N)=O)CC1. The van der Waals surface area contributed by atoms with Gasteiger partial charge in [-0.25, -0.2) is 9.97 Å². The molecule has 1 saturated heterocycles. The smallest absolute Gasteiger partial charge is 0.271 e. The van der Waals surface area contributed by atoms with Crippen LogP contribution >= 0.6 is 0 Å². The van der Waals surface area contributed by atoms with Gasteiger partial charge in [0.25, 0.3) is 5.91 Å². The molecule has 1 aromatic heterocycles. The zero-order valence-electron chi connectivity index (χ0n) is 12.1. The predicted octanol–water partition coefficient (Wildman–Crippen LogP) is 0.871. The summed E-state index contributed by atoms with van der Waals surface area (Å²) >= 11 is 0. The van der Waals surface area contributed by atoms with Crippen LogP contribution in [0.25, 0.3) is 11.0 Å². The summed E-state index contributed by atoms with van der Waals surface area (Å²) in [7, 11) is 0. The molecule has 1 aromatic carbocycles. The summed E-state index contributed by atoms with van der Waals surface area (Å²) in [5, 5.41) is 0. The van der Waals surface area contributed by atoms with Crippen LogP contribution in [0, 0.1) is 0 Å². The number of rotatable bonds is 3. The van der Waals surface area contributed by atoms with E-state index < -0.39 is 5.91 Å².